The van der Waals surface area contributed by atoms with Crippen LogP contribution in [0, 0.1) is 0 Å². The van der Waals surface area contributed by atoms with Crippen LogP contribution in [0.15, 0.2) is 24.4 Å². The summed E-state index contributed by atoms with van der Waals surface area (Å²) in [6, 6.07) is 6.17. The van der Waals surface area contributed by atoms with Crippen LogP contribution in [0.25, 0.3) is 0 Å². The van der Waals surface area contributed by atoms with Gasteiger partial charge in [0.1, 0.15) is 5.82 Å². The average molecular weight is 179 g/mol. The summed E-state index contributed by atoms with van der Waals surface area (Å²) in [4.78, 5) is 6.36. The molecule has 0 radical (unpaired) electrons. The molecule has 3 heteroatoms. The zero-order valence-electron chi connectivity index (χ0n) is 8.27. The first kappa shape index (κ1) is 9.99. The van der Waals surface area contributed by atoms with Crippen LogP contribution in [0.1, 0.15) is 13.3 Å². The van der Waals surface area contributed by atoms with Crippen molar-refractivity contribution in [3.8, 4) is 0 Å². The number of hydrogen-bond acceptors (Lipinski definition) is 3. The second kappa shape index (κ2) is 4.82. The minimum atomic E-state index is 0.256. The van der Waals surface area contributed by atoms with Crippen LogP contribution in [0.2, 0.25) is 0 Å². The van der Waals surface area contributed by atoms with Gasteiger partial charge in [-0.1, -0.05) is 6.07 Å². The molecule has 0 amide bonds. The van der Waals surface area contributed by atoms with Gasteiger partial charge in [-0.25, -0.2) is 4.98 Å². The van der Waals surface area contributed by atoms with Gasteiger partial charge < -0.3 is 10.6 Å². The molecule has 0 fully saturated rings. The highest BCUT2D eigenvalue weighted by atomic mass is 15.2. The molecule has 2 N–H and O–H groups in total. The van der Waals surface area contributed by atoms with E-state index in [0.717, 1.165) is 18.8 Å². The molecule has 0 bridgehead atoms. The molecule has 0 saturated carbocycles. The maximum absolute atomic E-state index is 5.67. The summed E-state index contributed by atoms with van der Waals surface area (Å²) in [5, 5.41) is 0. The third-order valence-electron chi connectivity index (χ3n) is 1.96. The predicted octanol–water partition coefficient (Wildman–Crippen LogP) is 1.26. The Bertz CT molecular complexity index is 233. The number of rotatable bonds is 4. The summed E-state index contributed by atoms with van der Waals surface area (Å²) >= 11 is 0. The fourth-order valence-corrected chi connectivity index (χ4v) is 1.09. The lowest BCUT2D eigenvalue weighted by Gasteiger charge is -2.18. The Morgan fingerprint density at radius 3 is 2.85 bits per heavy atom. The third-order valence-corrected chi connectivity index (χ3v) is 1.96. The van der Waals surface area contributed by atoms with Crippen molar-refractivity contribution >= 4 is 5.82 Å². The molecule has 1 heterocycles. The van der Waals surface area contributed by atoms with E-state index in [4.69, 9.17) is 5.73 Å². The lowest BCUT2D eigenvalue weighted by molar-refractivity contribution is 0.656. The van der Waals surface area contributed by atoms with Crippen molar-refractivity contribution in [2.45, 2.75) is 19.4 Å². The van der Waals surface area contributed by atoms with E-state index in [1.165, 1.54) is 0 Å². The SMILES string of the molecule is CC(N)CCN(C)c1ccccn1. The number of hydrogen-bond donors (Lipinski definition) is 1. The van der Waals surface area contributed by atoms with E-state index in [-0.39, 0.29) is 6.04 Å². The molecule has 1 aromatic rings. The van der Waals surface area contributed by atoms with Gasteiger partial charge in [-0.2, -0.15) is 0 Å². The van der Waals surface area contributed by atoms with Crippen LogP contribution in [0.5, 0.6) is 0 Å². The molecule has 13 heavy (non-hydrogen) atoms. The van der Waals surface area contributed by atoms with E-state index < -0.39 is 0 Å². The van der Waals surface area contributed by atoms with Crippen molar-refractivity contribution in [3.05, 3.63) is 24.4 Å². The zero-order chi connectivity index (χ0) is 9.68. The van der Waals surface area contributed by atoms with Crippen molar-refractivity contribution in [2.75, 3.05) is 18.5 Å². The number of nitrogens with zero attached hydrogens (tertiary/aromatic N) is 2. The number of pyridine rings is 1. The predicted molar refractivity (Wildman–Crippen MR) is 55.8 cm³/mol. The fraction of sp³-hybridized carbons (Fsp3) is 0.500. The standard InChI is InChI=1S/C10H17N3/c1-9(11)6-8-13(2)10-5-3-4-7-12-10/h3-5,7,9H,6,8,11H2,1-2H3. The third kappa shape index (κ3) is 3.42. The smallest absolute Gasteiger partial charge is 0.128 e. The molecule has 0 aliphatic rings. The highest BCUT2D eigenvalue weighted by Crippen LogP contribution is 2.06. The minimum absolute atomic E-state index is 0.256. The van der Waals surface area contributed by atoms with Crippen molar-refractivity contribution in [1.82, 2.24) is 4.98 Å². The first-order valence-corrected chi connectivity index (χ1v) is 4.58. The number of nitrogens with two attached hydrogens (primary N) is 1. The molecule has 1 aromatic heterocycles. The average Bonchev–Trinajstić information content (AvgIpc) is 2.15. The first-order chi connectivity index (χ1) is 6.20. The molecule has 1 rings (SSSR count). The Morgan fingerprint density at radius 2 is 2.31 bits per heavy atom. The lowest BCUT2D eigenvalue weighted by Crippen LogP contribution is -2.26. The van der Waals surface area contributed by atoms with Gasteiger partial charge in [-0.15, -0.1) is 0 Å². The van der Waals surface area contributed by atoms with Crippen molar-refractivity contribution in [1.29, 1.82) is 0 Å². The van der Waals surface area contributed by atoms with Gasteiger partial charge in [-0.05, 0) is 25.5 Å². The van der Waals surface area contributed by atoms with Gasteiger partial charge in [0.2, 0.25) is 0 Å². The normalized spacial score (nSPS) is 12.5. The monoisotopic (exact) mass is 179 g/mol. The van der Waals surface area contributed by atoms with Gasteiger partial charge in [0, 0.05) is 25.8 Å². The molecule has 72 valence electrons. The summed E-state index contributed by atoms with van der Waals surface area (Å²) in [7, 11) is 2.03. The molecule has 0 aromatic carbocycles. The van der Waals surface area contributed by atoms with Gasteiger partial charge in [0.25, 0.3) is 0 Å². The van der Waals surface area contributed by atoms with Gasteiger partial charge in [0.15, 0.2) is 0 Å². The van der Waals surface area contributed by atoms with E-state index >= 15 is 0 Å². The summed E-state index contributed by atoms with van der Waals surface area (Å²) in [6.07, 6.45) is 2.80. The second-order valence-electron chi connectivity index (χ2n) is 3.38. The van der Waals surface area contributed by atoms with Crippen LogP contribution in [-0.2, 0) is 0 Å². The number of anilines is 1. The van der Waals surface area contributed by atoms with E-state index in [9.17, 15) is 0 Å². The summed E-state index contributed by atoms with van der Waals surface area (Å²) < 4.78 is 0. The summed E-state index contributed by atoms with van der Waals surface area (Å²) in [6.45, 7) is 2.97. The Hall–Kier alpha value is -1.09. The molecule has 0 aliphatic heterocycles. The Morgan fingerprint density at radius 1 is 1.54 bits per heavy atom. The zero-order valence-corrected chi connectivity index (χ0v) is 8.27. The minimum Gasteiger partial charge on any atom is -0.360 e. The van der Waals surface area contributed by atoms with E-state index in [2.05, 4.69) is 9.88 Å². The van der Waals surface area contributed by atoms with Gasteiger partial charge in [0.05, 0.1) is 0 Å². The van der Waals surface area contributed by atoms with Crippen molar-refractivity contribution < 1.29 is 0 Å². The summed E-state index contributed by atoms with van der Waals surface area (Å²) in [5.74, 6) is 1.00. The lowest BCUT2D eigenvalue weighted by atomic mass is 10.2. The fourth-order valence-electron chi connectivity index (χ4n) is 1.09. The summed E-state index contributed by atoms with van der Waals surface area (Å²) in [5.41, 5.74) is 5.67. The molecule has 0 spiro atoms. The quantitative estimate of drug-likeness (QED) is 0.756. The van der Waals surface area contributed by atoms with Crippen molar-refractivity contribution in [2.24, 2.45) is 5.73 Å². The largest absolute Gasteiger partial charge is 0.360 e. The van der Waals surface area contributed by atoms with Gasteiger partial charge >= 0.3 is 0 Å². The van der Waals surface area contributed by atoms with E-state index in [1.807, 2.05) is 32.2 Å². The molecule has 0 saturated heterocycles. The van der Waals surface area contributed by atoms with Crippen LogP contribution < -0.4 is 10.6 Å². The second-order valence-corrected chi connectivity index (χ2v) is 3.38. The molecular formula is C10H17N3. The maximum atomic E-state index is 5.67. The molecule has 1 unspecified atom stereocenters. The highest BCUT2D eigenvalue weighted by molar-refractivity contribution is 5.36. The molecule has 3 nitrogen and oxygen atoms in total. The Kier molecular flexibility index (Phi) is 3.71. The van der Waals surface area contributed by atoms with Crippen LogP contribution in [0.4, 0.5) is 5.82 Å². The molecule has 1 atom stereocenters. The molecule has 0 aliphatic carbocycles. The number of aromatic nitrogens is 1. The van der Waals surface area contributed by atoms with E-state index in [1.54, 1.807) is 6.20 Å². The van der Waals surface area contributed by atoms with Crippen LogP contribution in [-0.4, -0.2) is 24.6 Å². The Labute approximate surface area is 79.6 Å². The van der Waals surface area contributed by atoms with Crippen LogP contribution in [0.3, 0.4) is 0 Å². The van der Waals surface area contributed by atoms with Crippen molar-refractivity contribution in [3.63, 3.8) is 0 Å². The highest BCUT2D eigenvalue weighted by Gasteiger charge is 2.01. The van der Waals surface area contributed by atoms with Gasteiger partial charge in [-0.3, -0.25) is 0 Å². The topological polar surface area (TPSA) is 42.1 Å². The first-order valence-electron chi connectivity index (χ1n) is 4.58. The Balaban J connectivity index is 2.44. The van der Waals surface area contributed by atoms with Crippen LogP contribution >= 0.6 is 0 Å². The maximum Gasteiger partial charge on any atom is 0.128 e. The molecular weight excluding hydrogens is 162 g/mol. The van der Waals surface area contributed by atoms with E-state index in [0.29, 0.717) is 0 Å².